The summed E-state index contributed by atoms with van der Waals surface area (Å²) in [7, 11) is -1.36. The normalized spacial score (nSPS) is 43.3. The van der Waals surface area contributed by atoms with Crippen LogP contribution in [0.3, 0.4) is 0 Å². The Labute approximate surface area is 167 Å². The Morgan fingerprint density at radius 1 is 1.04 bits per heavy atom. The van der Waals surface area contributed by atoms with Crippen LogP contribution in [0.5, 0.6) is 0 Å². The molecule has 5 fully saturated rings. The maximum atomic E-state index is 13.2. The fourth-order valence-electron chi connectivity index (χ4n) is 5.71. The number of hydrazine groups is 3. The molecule has 4 saturated heterocycles. The van der Waals surface area contributed by atoms with Gasteiger partial charge in [0.05, 0.1) is 25.3 Å². The highest BCUT2D eigenvalue weighted by Crippen LogP contribution is 2.31. The van der Waals surface area contributed by atoms with Gasteiger partial charge in [-0.2, -0.15) is 0 Å². The van der Waals surface area contributed by atoms with E-state index in [1.165, 1.54) is 6.42 Å². The molecular formula is C17H33N7O3S. The Bertz CT molecular complexity index is 678. The van der Waals surface area contributed by atoms with Crippen molar-refractivity contribution >= 4 is 10.0 Å². The SMILES string of the molecule is CN1NCC2CCCC(NS(=O)(=O)C3CNN(C4CNN5CCOCC45)C3)C21. The van der Waals surface area contributed by atoms with E-state index in [1.54, 1.807) is 0 Å². The number of nitrogens with one attached hydrogen (secondary N) is 4. The summed E-state index contributed by atoms with van der Waals surface area (Å²) in [5, 5.41) is 6.04. The van der Waals surface area contributed by atoms with Gasteiger partial charge in [0, 0.05) is 51.9 Å². The Kier molecular flexibility index (Phi) is 5.39. The summed E-state index contributed by atoms with van der Waals surface area (Å²) in [5.74, 6) is 0.534. The fraction of sp³-hybridized carbons (Fsp3) is 1.00. The first-order chi connectivity index (χ1) is 13.5. The van der Waals surface area contributed by atoms with Gasteiger partial charge in [0.25, 0.3) is 0 Å². The zero-order chi connectivity index (χ0) is 19.3. The molecule has 4 N–H and O–H groups in total. The lowest BCUT2D eigenvalue weighted by Crippen LogP contribution is -2.55. The van der Waals surface area contributed by atoms with E-state index in [4.69, 9.17) is 4.74 Å². The molecule has 10 nitrogen and oxygen atoms in total. The zero-order valence-electron chi connectivity index (χ0n) is 16.5. The summed E-state index contributed by atoms with van der Waals surface area (Å²) in [6.45, 7) is 5.07. The summed E-state index contributed by atoms with van der Waals surface area (Å²) < 4.78 is 35.1. The first-order valence-electron chi connectivity index (χ1n) is 10.6. The van der Waals surface area contributed by atoms with E-state index in [0.29, 0.717) is 25.6 Å². The minimum atomic E-state index is -3.39. The Balaban J connectivity index is 1.22. The monoisotopic (exact) mass is 415 g/mol. The van der Waals surface area contributed by atoms with Crippen LogP contribution in [0, 0.1) is 5.92 Å². The number of hydrogen-bond acceptors (Lipinski definition) is 9. The first-order valence-corrected chi connectivity index (χ1v) is 12.1. The quantitative estimate of drug-likeness (QED) is 0.403. The third-order valence-corrected chi connectivity index (χ3v) is 9.05. The van der Waals surface area contributed by atoms with Gasteiger partial charge in [-0.3, -0.25) is 16.3 Å². The molecule has 0 aromatic heterocycles. The van der Waals surface area contributed by atoms with Crippen molar-refractivity contribution in [2.45, 2.75) is 48.7 Å². The van der Waals surface area contributed by atoms with Crippen LogP contribution in [-0.4, -0.2) is 106 Å². The average molecular weight is 416 g/mol. The van der Waals surface area contributed by atoms with Gasteiger partial charge in [0.1, 0.15) is 5.25 Å². The molecule has 1 aliphatic carbocycles. The molecule has 0 amide bonds. The highest BCUT2D eigenvalue weighted by atomic mass is 32.2. The number of sulfonamides is 1. The molecule has 28 heavy (non-hydrogen) atoms. The van der Waals surface area contributed by atoms with E-state index in [-0.39, 0.29) is 24.2 Å². The molecule has 0 bridgehead atoms. The number of fused-ring (bicyclic) bond motifs is 2. The molecule has 1 saturated carbocycles. The van der Waals surface area contributed by atoms with E-state index in [2.05, 4.69) is 36.0 Å². The van der Waals surface area contributed by atoms with E-state index >= 15 is 0 Å². The summed E-state index contributed by atoms with van der Waals surface area (Å²) in [5.41, 5.74) is 10.2. The highest BCUT2D eigenvalue weighted by molar-refractivity contribution is 7.90. The van der Waals surface area contributed by atoms with Gasteiger partial charge in [-0.1, -0.05) is 6.42 Å². The second-order valence-corrected chi connectivity index (χ2v) is 10.8. The Morgan fingerprint density at radius 2 is 1.89 bits per heavy atom. The molecule has 4 heterocycles. The fourth-order valence-corrected chi connectivity index (χ4v) is 7.23. The number of likely N-dealkylation sites (N-methyl/N-ethyl adjacent to an activating group) is 1. The smallest absolute Gasteiger partial charge is 0.217 e. The van der Waals surface area contributed by atoms with Crippen molar-refractivity contribution in [2.75, 3.05) is 53.0 Å². The van der Waals surface area contributed by atoms with Crippen LogP contribution in [0.15, 0.2) is 0 Å². The van der Waals surface area contributed by atoms with Crippen LogP contribution in [-0.2, 0) is 14.8 Å². The van der Waals surface area contributed by atoms with Crippen LogP contribution >= 0.6 is 0 Å². The second kappa shape index (κ2) is 7.71. The van der Waals surface area contributed by atoms with Gasteiger partial charge >= 0.3 is 0 Å². The van der Waals surface area contributed by atoms with Crippen molar-refractivity contribution < 1.29 is 13.2 Å². The summed E-state index contributed by atoms with van der Waals surface area (Å²) in [6, 6.07) is 0.742. The van der Waals surface area contributed by atoms with E-state index in [9.17, 15) is 8.42 Å². The maximum Gasteiger partial charge on any atom is 0.217 e. The molecule has 5 rings (SSSR count). The third-order valence-electron chi connectivity index (χ3n) is 7.23. The topological polar surface area (TPSA) is 101 Å². The lowest BCUT2D eigenvalue weighted by molar-refractivity contribution is -0.0268. The largest absolute Gasteiger partial charge is 0.378 e. The van der Waals surface area contributed by atoms with Gasteiger partial charge in [-0.25, -0.2) is 28.2 Å². The minimum Gasteiger partial charge on any atom is -0.378 e. The Hall–Kier alpha value is -0.370. The molecule has 0 spiro atoms. The molecule has 6 unspecified atom stereocenters. The molecular weight excluding hydrogens is 382 g/mol. The van der Waals surface area contributed by atoms with Gasteiger partial charge < -0.3 is 4.74 Å². The van der Waals surface area contributed by atoms with Crippen LogP contribution in [0.25, 0.3) is 0 Å². The second-order valence-electron chi connectivity index (χ2n) is 8.83. The molecule has 0 aromatic rings. The molecule has 160 valence electrons. The molecule has 0 aromatic carbocycles. The van der Waals surface area contributed by atoms with Crippen molar-refractivity contribution in [3.8, 4) is 0 Å². The number of ether oxygens (including phenoxy) is 1. The summed E-state index contributed by atoms with van der Waals surface area (Å²) >= 11 is 0. The van der Waals surface area contributed by atoms with Gasteiger partial charge in [-0.15, -0.1) is 0 Å². The molecule has 5 aliphatic rings. The number of morpholine rings is 1. The summed E-state index contributed by atoms with van der Waals surface area (Å²) in [4.78, 5) is 0. The van der Waals surface area contributed by atoms with Crippen LogP contribution in [0.4, 0.5) is 0 Å². The lowest BCUT2D eigenvalue weighted by Gasteiger charge is -2.37. The van der Waals surface area contributed by atoms with Crippen molar-refractivity contribution in [3.63, 3.8) is 0 Å². The highest BCUT2D eigenvalue weighted by Gasteiger charge is 2.46. The zero-order valence-corrected chi connectivity index (χ0v) is 17.3. The number of rotatable bonds is 4. The van der Waals surface area contributed by atoms with Crippen molar-refractivity contribution in [2.24, 2.45) is 5.92 Å². The van der Waals surface area contributed by atoms with Crippen molar-refractivity contribution in [1.82, 2.24) is 36.0 Å². The van der Waals surface area contributed by atoms with Gasteiger partial charge in [-0.05, 0) is 18.8 Å². The van der Waals surface area contributed by atoms with Crippen molar-refractivity contribution in [1.29, 1.82) is 0 Å². The molecule has 6 atom stereocenters. The minimum absolute atomic E-state index is 0.00631. The predicted octanol–water partition coefficient (Wildman–Crippen LogP) is -2.33. The van der Waals surface area contributed by atoms with Crippen LogP contribution in [0.1, 0.15) is 19.3 Å². The van der Waals surface area contributed by atoms with Crippen molar-refractivity contribution in [3.05, 3.63) is 0 Å². The van der Waals surface area contributed by atoms with E-state index in [1.807, 2.05) is 7.05 Å². The molecule has 4 aliphatic heterocycles. The van der Waals surface area contributed by atoms with Crippen LogP contribution in [0.2, 0.25) is 0 Å². The predicted molar refractivity (Wildman–Crippen MR) is 104 cm³/mol. The third kappa shape index (κ3) is 3.50. The molecule has 11 heteroatoms. The van der Waals surface area contributed by atoms with E-state index in [0.717, 1.165) is 39.1 Å². The first kappa shape index (κ1) is 19.6. The number of nitrogens with zero attached hydrogens (tertiary/aromatic N) is 3. The molecule has 0 radical (unpaired) electrons. The van der Waals surface area contributed by atoms with Crippen LogP contribution < -0.4 is 21.0 Å². The standard InChI is InChI=1S/C17H33N7O3S/c1-22-17-12(7-18-22)3-2-4-14(17)21-28(25,26)13-8-19-24(10-13)15-9-20-23-5-6-27-11-16(15)23/h12-21H,2-11H2,1H3. The average Bonchev–Trinajstić information content (AvgIpc) is 3.40. The lowest BCUT2D eigenvalue weighted by atomic mass is 9.82. The maximum absolute atomic E-state index is 13.2. The Morgan fingerprint density at radius 3 is 2.79 bits per heavy atom. The van der Waals surface area contributed by atoms with Gasteiger partial charge in [0.2, 0.25) is 10.0 Å². The summed E-state index contributed by atoms with van der Waals surface area (Å²) in [6.07, 6.45) is 3.18. The van der Waals surface area contributed by atoms with Gasteiger partial charge in [0.15, 0.2) is 0 Å². The van der Waals surface area contributed by atoms with E-state index < -0.39 is 15.3 Å². The number of hydrogen-bond donors (Lipinski definition) is 4.